The molecule has 1 unspecified atom stereocenters. The molecule has 0 amide bonds. The molecular weight excluding hydrogens is 142 g/mol. The van der Waals surface area contributed by atoms with E-state index in [0.717, 1.165) is 11.8 Å². The number of rotatable bonds is 6. The smallest absolute Gasteiger partial charge is 0.00161 e. The van der Waals surface area contributed by atoms with Gasteiger partial charge in [0, 0.05) is 5.25 Å². The Balaban J connectivity index is 2.89. The lowest BCUT2D eigenvalue weighted by Crippen LogP contribution is -2.09. The Morgan fingerprint density at radius 3 is 2.70 bits per heavy atom. The Morgan fingerprint density at radius 1 is 1.50 bits per heavy atom. The third kappa shape index (κ3) is 6.43. The molecule has 0 saturated carbocycles. The molecule has 0 radical (unpaired) electrons. The summed E-state index contributed by atoms with van der Waals surface area (Å²) in [4.78, 5) is 0. The monoisotopic (exact) mass is 161 g/mol. The molecule has 0 heterocycles. The highest BCUT2D eigenvalue weighted by Gasteiger charge is 1.96. The van der Waals surface area contributed by atoms with Gasteiger partial charge in [0.1, 0.15) is 0 Å². The summed E-state index contributed by atoms with van der Waals surface area (Å²) in [7, 11) is 2.01. The van der Waals surface area contributed by atoms with Gasteiger partial charge in [-0.05, 0) is 32.2 Å². The number of nitrogens with one attached hydrogen (secondary N) is 1. The summed E-state index contributed by atoms with van der Waals surface area (Å²) in [5, 5.41) is 3.99. The summed E-state index contributed by atoms with van der Waals surface area (Å²) < 4.78 is 0. The number of hydrogen-bond acceptors (Lipinski definition) is 2. The maximum atomic E-state index is 3.15. The molecule has 0 aromatic heterocycles. The van der Waals surface area contributed by atoms with Crippen molar-refractivity contribution in [2.45, 2.75) is 31.9 Å². The maximum Gasteiger partial charge on any atom is 0.00161 e. The molecule has 0 aromatic rings. The molecular formula is C8H19NS. The molecule has 0 rings (SSSR count). The third-order valence-electron chi connectivity index (χ3n) is 1.55. The molecule has 0 aliphatic heterocycles. The zero-order valence-electron chi connectivity index (χ0n) is 7.31. The van der Waals surface area contributed by atoms with Crippen LogP contribution in [0.25, 0.3) is 0 Å². The number of thioether (sulfide) groups is 1. The van der Waals surface area contributed by atoms with E-state index >= 15 is 0 Å². The first-order chi connectivity index (χ1) is 4.81. The van der Waals surface area contributed by atoms with E-state index in [0.29, 0.717) is 0 Å². The van der Waals surface area contributed by atoms with E-state index in [9.17, 15) is 0 Å². The van der Waals surface area contributed by atoms with Crippen LogP contribution >= 0.6 is 11.8 Å². The first kappa shape index (κ1) is 10.3. The molecule has 0 fully saturated rings. The molecule has 0 aliphatic rings. The van der Waals surface area contributed by atoms with E-state index in [1.807, 2.05) is 7.05 Å². The van der Waals surface area contributed by atoms with E-state index < -0.39 is 0 Å². The molecule has 1 N–H and O–H groups in total. The van der Waals surface area contributed by atoms with Gasteiger partial charge < -0.3 is 5.32 Å². The van der Waals surface area contributed by atoms with Crippen LogP contribution in [-0.2, 0) is 0 Å². The highest BCUT2D eigenvalue weighted by Crippen LogP contribution is 2.13. The van der Waals surface area contributed by atoms with Crippen LogP contribution < -0.4 is 5.32 Å². The molecule has 0 saturated heterocycles. The minimum absolute atomic E-state index is 0.844. The maximum absolute atomic E-state index is 3.15. The van der Waals surface area contributed by atoms with Gasteiger partial charge in [-0.25, -0.2) is 0 Å². The lowest BCUT2D eigenvalue weighted by atomic mass is 10.4. The van der Waals surface area contributed by atoms with Crippen molar-refractivity contribution >= 4 is 11.8 Å². The van der Waals surface area contributed by atoms with Gasteiger partial charge in [0.2, 0.25) is 0 Å². The molecule has 0 spiro atoms. The van der Waals surface area contributed by atoms with Crippen LogP contribution in [0.4, 0.5) is 0 Å². The predicted molar refractivity (Wildman–Crippen MR) is 50.8 cm³/mol. The van der Waals surface area contributed by atoms with Crippen LogP contribution in [-0.4, -0.2) is 24.6 Å². The average molecular weight is 161 g/mol. The number of hydrogen-bond donors (Lipinski definition) is 1. The second-order valence-electron chi connectivity index (χ2n) is 2.55. The van der Waals surface area contributed by atoms with Crippen molar-refractivity contribution in [3.05, 3.63) is 0 Å². The minimum Gasteiger partial charge on any atom is -0.320 e. The predicted octanol–water partition coefficient (Wildman–Crippen LogP) is 2.13. The van der Waals surface area contributed by atoms with Gasteiger partial charge in [-0.2, -0.15) is 11.8 Å². The van der Waals surface area contributed by atoms with Crippen molar-refractivity contribution in [2.75, 3.05) is 19.3 Å². The van der Waals surface area contributed by atoms with Crippen molar-refractivity contribution in [3.8, 4) is 0 Å². The van der Waals surface area contributed by atoms with Gasteiger partial charge >= 0.3 is 0 Å². The van der Waals surface area contributed by atoms with Crippen molar-refractivity contribution in [1.29, 1.82) is 0 Å². The van der Waals surface area contributed by atoms with E-state index in [4.69, 9.17) is 0 Å². The minimum atomic E-state index is 0.844. The summed E-state index contributed by atoms with van der Waals surface area (Å²) in [6.45, 7) is 5.70. The molecule has 1 atom stereocenters. The second-order valence-corrected chi connectivity index (χ2v) is 4.09. The van der Waals surface area contributed by atoms with Gasteiger partial charge in [-0.3, -0.25) is 0 Å². The van der Waals surface area contributed by atoms with E-state index in [1.54, 1.807) is 0 Å². The van der Waals surface area contributed by atoms with Crippen molar-refractivity contribution in [1.82, 2.24) is 5.32 Å². The summed E-state index contributed by atoms with van der Waals surface area (Å²) in [5.41, 5.74) is 0. The van der Waals surface area contributed by atoms with Crippen LogP contribution in [0.1, 0.15) is 26.7 Å². The van der Waals surface area contributed by atoms with Gasteiger partial charge in [-0.15, -0.1) is 0 Å². The average Bonchev–Trinajstić information content (AvgIpc) is 1.98. The van der Waals surface area contributed by atoms with Crippen molar-refractivity contribution in [2.24, 2.45) is 0 Å². The van der Waals surface area contributed by atoms with Crippen molar-refractivity contribution in [3.63, 3.8) is 0 Å². The molecule has 2 heteroatoms. The molecule has 62 valence electrons. The van der Waals surface area contributed by atoms with Gasteiger partial charge in [0.05, 0.1) is 0 Å². The van der Waals surface area contributed by atoms with Gasteiger partial charge in [-0.1, -0.05) is 13.8 Å². The second kappa shape index (κ2) is 7.42. The standard InChI is InChI=1S/C8H19NS/c1-4-8(2)10-7-5-6-9-3/h8-9H,4-7H2,1-3H3. The van der Waals surface area contributed by atoms with Gasteiger partial charge in [0.15, 0.2) is 0 Å². The molecule has 0 aliphatic carbocycles. The van der Waals surface area contributed by atoms with E-state index in [2.05, 4.69) is 30.9 Å². The molecule has 10 heavy (non-hydrogen) atoms. The summed E-state index contributed by atoms with van der Waals surface area (Å²) in [5.74, 6) is 1.30. The Morgan fingerprint density at radius 2 is 2.20 bits per heavy atom. The first-order valence-corrected chi connectivity index (χ1v) is 5.12. The quantitative estimate of drug-likeness (QED) is 0.599. The Labute approximate surface area is 69.0 Å². The van der Waals surface area contributed by atoms with Crippen LogP contribution in [0.3, 0.4) is 0 Å². The zero-order chi connectivity index (χ0) is 7.82. The summed E-state index contributed by atoms with van der Waals surface area (Å²) >= 11 is 2.08. The summed E-state index contributed by atoms with van der Waals surface area (Å²) in [6, 6.07) is 0. The Hall–Kier alpha value is 0.310. The molecule has 0 bridgehead atoms. The van der Waals surface area contributed by atoms with Crippen LogP contribution in [0.5, 0.6) is 0 Å². The lowest BCUT2D eigenvalue weighted by molar-refractivity contribution is 0.775. The fourth-order valence-corrected chi connectivity index (χ4v) is 1.60. The van der Waals surface area contributed by atoms with Crippen LogP contribution in [0.15, 0.2) is 0 Å². The van der Waals surface area contributed by atoms with Gasteiger partial charge in [0.25, 0.3) is 0 Å². The lowest BCUT2D eigenvalue weighted by Gasteiger charge is -2.06. The molecule has 1 nitrogen and oxygen atoms in total. The van der Waals surface area contributed by atoms with Crippen LogP contribution in [0.2, 0.25) is 0 Å². The Bertz CT molecular complexity index is 66.3. The fraction of sp³-hybridized carbons (Fsp3) is 1.00. The van der Waals surface area contributed by atoms with E-state index in [-0.39, 0.29) is 0 Å². The largest absolute Gasteiger partial charge is 0.320 e. The van der Waals surface area contributed by atoms with E-state index in [1.165, 1.54) is 18.6 Å². The highest BCUT2D eigenvalue weighted by atomic mass is 32.2. The topological polar surface area (TPSA) is 12.0 Å². The Kier molecular flexibility index (Phi) is 7.65. The first-order valence-electron chi connectivity index (χ1n) is 4.07. The van der Waals surface area contributed by atoms with Crippen molar-refractivity contribution < 1.29 is 0 Å². The zero-order valence-corrected chi connectivity index (χ0v) is 8.13. The van der Waals surface area contributed by atoms with Crippen LogP contribution in [0, 0.1) is 0 Å². The SMILES string of the molecule is CCC(C)SCCCNC. The normalized spacial score (nSPS) is 13.5. The summed E-state index contributed by atoms with van der Waals surface area (Å²) in [6.07, 6.45) is 2.59. The molecule has 0 aromatic carbocycles. The highest BCUT2D eigenvalue weighted by molar-refractivity contribution is 7.99. The third-order valence-corrected chi connectivity index (χ3v) is 2.98. The fourth-order valence-electron chi connectivity index (χ4n) is 0.651.